The van der Waals surface area contributed by atoms with E-state index in [0.29, 0.717) is 13.1 Å². The summed E-state index contributed by atoms with van der Waals surface area (Å²) in [5.41, 5.74) is 0.916. The van der Waals surface area contributed by atoms with Crippen LogP contribution < -0.4 is 0 Å². The number of hydrogen-bond donors (Lipinski definition) is 1. The van der Waals surface area contributed by atoms with Crippen LogP contribution in [0.3, 0.4) is 0 Å². The zero-order valence-corrected chi connectivity index (χ0v) is 13.5. The molecule has 1 heterocycles. The predicted octanol–water partition coefficient (Wildman–Crippen LogP) is 1.86. The van der Waals surface area contributed by atoms with Crippen LogP contribution in [0.1, 0.15) is 12.0 Å². The third kappa shape index (κ3) is 4.74. The fraction of sp³-hybridized carbons (Fsp3) is 0.571. The number of aliphatic hydroxyl groups excluding tert-OH is 1. The largest absolute Gasteiger partial charge is 0.395 e. The van der Waals surface area contributed by atoms with Gasteiger partial charge in [0.2, 0.25) is 0 Å². The van der Waals surface area contributed by atoms with Gasteiger partial charge in [-0.25, -0.2) is 0 Å². The highest BCUT2D eigenvalue weighted by Crippen LogP contribution is 2.25. The average molecular weight is 358 g/mol. The van der Waals surface area contributed by atoms with Crippen molar-refractivity contribution in [2.75, 3.05) is 39.3 Å². The SMILES string of the molecule is O=[N+]([O-])c1cc(Br)ccc1CN1CCCN(CCO)CC1. The van der Waals surface area contributed by atoms with Crippen LogP contribution in [0.25, 0.3) is 0 Å². The molecule has 6 nitrogen and oxygen atoms in total. The summed E-state index contributed by atoms with van der Waals surface area (Å²) in [6.45, 7) is 5.13. The fourth-order valence-corrected chi connectivity index (χ4v) is 2.98. The van der Waals surface area contributed by atoms with Crippen molar-refractivity contribution >= 4 is 21.6 Å². The van der Waals surface area contributed by atoms with Gasteiger partial charge in [-0.1, -0.05) is 15.9 Å². The van der Waals surface area contributed by atoms with Crippen LogP contribution >= 0.6 is 15.9 Å². The zero-order chi connectivity index (χ0) is 15.2. The monoisotopic (exact) mass is 357 g/mol. The van der Waals surface area contributed by atoms with Crippen LogP contribution in [0.15, 0.2) is 22.7 Å². The van der Waals surface area contributed by atoms with Crippen LogP contribution in [-0.2, 0) is 6.54 Å². The van der Waals surface area contributed by atoms with Crippen LogP contribution in [0.2, 0.25) is 0 Å². The summed E-state index contributed by atoms with van der Waals surface area (Å²) < 4.78 is 0.725. The summed E-state index contributed by atoms with van der Waals surface area (Å²) in [7, 11) is 0. The molecule has 0 bridgehead atoms. The van der Waals surface area contributed by atoms with Crippen LogP contribution in [0.5, 0.6) is 0 Å². The first kappa shape index (κ1) is 16.4. The first-order chi connectivity index (χ1) is 10.1. The molecule has 0 aromatic heterocycles. The third-order valence-corrected chi connectivity index (χ3v) is 4.23. The van der Waals surface area contributed by atoms with Gasteiger partial charge >= 0.3 is 0 Å². The minimum atomic E-state index is -0.323. The molecule has 0 atom stereocenters. The van der Waals surface area contributed by atoms with Crippen LogP contribution in [0.4, 0.5) is 5.69 Å². The van der Waals surface area contributed by atoms with Crippen molar-refractivity contribution in [1.82, 2.24) is 9.80 Å². The summed E-state index contributed by atoms with van der Waals surface area (Å²) in [5.74, 6) is 0. The van der Waals surface area contributed by atoms with Crippen molar-refractivity contribution in [2.45, 2.75) is 13.0 Å². The molecule has 1 N–H and O–H groups in total. The second-order valence-corrected chi connectivity index (χ2v) is 6.14. The normalized spacial score (nSPS) is 17.6. The van der Waals surface area contributed by atoms with E-state index in [1.54, 1.807) is 6.07 Å². The lowest BCUT2D eigenvalue weighted by molar-refractivity contribution is -0.385. The standard InChI is InChI=1S/C14H20BrN3O3/c15-13-3-2-12(14(10-13)18(20)21)11-17-5-1-4-16(6-7-17)8-9-19/h2-3,10,19H,1,4-9,11H2. The van der Waals surface area contributed by atoms with Crippen LogP contribution in [0, 0.1) is 10.1 Å². The molecule has 0 saturated carbocycles. The summed E-state index contributed by atoms with van der Waals surface area (Å²) in [5, 5.41) is 20.2. The van der Waals surface area contributed by atoms with Gasteiger partial charge in [-0.15, -0.1) is 0 Å². The molecular formula is C14H20BrN3O3. The smallest absolute Gasteiger partial charge is 0.275 e. The predicted molar refractivity (Wildman–Crippen MR) is 84.2 cm³/mol. The minimum Gasteiger partial charge on any atom is -0.395 e. The van der Waals surface area contributed by atoms with Crippen molar-refractivity contribution in [3.63, 3.8) is 0 Å². The first-order valence-electron chi connectivity index (χ1n) is 7.08. The van der Waals surface area contributed by atoms with Gasteiger partial charge in [-0.05, 0) is 31.6 Å². The van der Waals surface area contributed by atoms with Gasteiger partial charge in [0.15, 0.2) is 0 Å². The average Bonchev–Trinajstić information content (AvgIpc) is 2.67. The van der Waals surface area contributed by atoms with Gasteiger partial charge < -0.3 is 5.11 Å². The first-order valence-corrected chi connectivity index (χ1v) is 7.88. The highest BCUT2D eigenvalue weighted by molar-refractivity contribution is 9.10. The van der Waals surface area contributed by atoms with Gasteiger partial charge in [0.1, 0.15) is 0 Å². The van der Waals surface area contributed by atoms with Gasteiger partial charge in [0.05, 0.1) is 11.5 Å². The molecule has 116 valence electrons. The molecule has 0 aliphatic carbocycles. The molecule has 0 amide bonds. The lowest BCUT2D eigenvalue weighted by atomic mass is 10.1. The maximum absolute atomic E-state index is 11.2. The van der Waals surface area contributed by atoms with Gasteiger partial charge in [0.25, 0.3) is 5.69 Å². The molecule has 1 fully saturated rings. The fourth-order valence-electron chi connectivity index (χ4n) is 2.63. The van der Waals surface area contributed by atoms with E-state index in [4.69, 9.17) is 5.11 Å². The van der Waals surface area contributed by atoms with Crippen molar-refractivity contribution in [3.8, 4) is 0 Å². The number of β-amino-alcohol motifs (C(OH)–C–C–N with tert-alkyl or cyclic N) is 1. The lowest BCUT2D eigenvalue weighted by Crippen LogP contribution is -2.32. The summed E-state index contributed by atoms with van der Waals surface area (Å²) in [6, 6.07) is 5.22. The Hall–Kier alpha value is -1.02. The van der Waals surface area contributed by atoms with Gasteiger partial charge in [-0.2, -0.15) is 0 Å². The Morgan fingerprint density at radius 1 is 1.24 bits per heavy atom. The number of aliphatic hydroxyl groups is 1. The summed E-state index contributed by atoms with van der Waals surface area (Å²) in [4.78, 5) is 15.3. The maximum atomic E-state index is 11.2. The third-order valence-electron chi connectivity index (χ3n) is 3.74. The molecule has 0 unspecified atom stereocenters. The number of hydrogen-bond acceptors (Lipinski definition) is 5. The van der Waals surface area contributed by atoms with Gasteiger partial charge in [-0.3, -0.25) is 19.9 Å². The highest BCUT2D eigenvalue weighted by atomic mass is 79.9. The van der Waals surface area contributed by atoms with E-state index >= 15 is 0 Å². The lowest BCUT2D eigenvalue weighted by Gasteiger charge is -2.21. The van der Waals surface area contributed by atoms with E-state index in [1.165, 1.54) is 0 Å². The van der Waals surface area contributed by atoms with Crippen molar-refractivity contribution in [3.05, 3.63) is 38.3 Å². The Labute approximate surface area is 132 Å². The molecule has 21 heavy (non-hydrogen) atoms. The quantitative estimate of drug-likeness (QED) is 0.643. The van der Waals surface area contributed by atoms with E-state index in [-0.39, 0.29) is 17.2 Å². The number of rotatable bonds is 5. The molecule has 1 aromatic carbocycles. The molecule has 1 aliphatic heterocycles. The summed E-state index contributed by atoms with van der Waals surface area (Å²) in [6.07, 6.45) is 1.02. The van der Waals surface area contributed by atoms with Crippen molar-refractivity contribution in [1.29, 1.82) is 0 Å². The number of nitro benzene ring substituents is 1. The van der Waals surface area contributed by atoms with Crippen LogP contribution in [-0.4, -0.2) is 59.2 Å². The topological polar surface area (TPSA) is 69.9 Å². The number of nitro groups is 1. The van der Waals surface area contributed by atoms with E-state index in [1.807, 2.05) is 12.1 Å². The number of benzene rings is 1. The maximum Gasteiger partial charge on any atom is 0.275 e. The Kier molecular flexibility index (Phi) is 6.10. The van der Waals surface area contributed by atoms with E-state index < -0.39 is 0 Å². The van der Waals surface area contributed by atoms with E-state index in [2.05, 4.69) is 25.7 Å². The Bertz CT molecular complexity index is 498. The van der Waals surface area contributed by atoms with E-state index in [9.17, 15) is 10.1 Å². The highest BCUT2D eigenvalue weighted by Gasteiger charge is 2.19. The molecule has 0 radical (unpaired) electrons. The zero-order valence-electron chi connectivity index (χ0n) is 11.9. The second kappa shape index (κ2) is 7.84. The molecule has 1 aliphatic rings. The minimum absolute atomic E-state index is 0.167. The Morgan fingerprint density at radius 3 is 2.67 bits per heavy atom. The number of halogens is 1. The molecule has 0 spiro atoms. The van der Waals surface area contributed by atoms with Crippen molar-refractivity contribution < 1.29 is 10.0 Å². The molecule has 2 rings (SSSR count). The molecule has 1 saturated heterocycles. The summed E-state index contributed by atoms with van der Waals surface area (Å²) >= 11 is 3.28. The number of nitrogens with zero attached hydrogens (tertiary/aromatic N) is 3. The second-order valence-electron chi connectivity index (χ2n) is 5.23. The Balaban J connectivity index is 2.03. The molecule has 1 aromatic rings. The van der Waals surface area contributed by atoms with E-state index in [0.717, 1.165) is 42.6 Å². The van der Waals surface area contributed by atoms with Gasteiger partial charge in [0, 0.05) is 42.3 Å². The van der Waals surface area contributed by atoms with Crippen molar-refractivity contribution in [2.24, 2.45) is 0 Å². The Morgan fingerprint density at radius 2 is 1.95 bits per heavy atom. The molecular weight excluding hydrogens is 338 g/mol. The molecule has 7 heteroatoms.